The minimum atomic E-state index is -0.875. The fourth-order valence-corrected chi connectivity index (χ4v) is 2.96. The lowest BCUT2D eigenvalue weighted by Gasteiger charge is -2.24. The maximum atomic E-state index is 10.8. The first kappa shape index (κ1) is 15.6. The Hall–Kier alpha value is -1.76. The van der Waals surface area contributed by atoms with Gasteiger partial charge in [-0.05, 0) is 40.7 Å². The number of furan rings is 1. The summed E-state index contributed by atoms with van der Waals surface area (Å²) >= 11 is 1.17. The molecular weight excluding hydrogens is 290 g/mol. The molecule has 2 heterocycles. The van der Waals surface area contributed by atoms with Crippen molar-refractivity contribution in [1.82, 2.24) is 14.8 Å². The number of hydrogen-bond donors (Lipinski definition) is 1. The Bertz CT molecular complexity index is 668. The molecule has 1 N–H and O–H groups in total. The van der Waals surface area contributed by atoms with Gasteiger partial charge in [0, 0.05) is 5.54 Å². The van der Waals surface area contributed by atoms with Gasteiger partial charge >= 0.3 is 5.97 Å². The zero-order valence-electron chi connectivity index (χ0n) is 12.8. The molecule has 0 aromatic carbocycles. The fourth-order valence-electron chi connectivity index (χ4n) is 2.12. The molecule has 2 aromatic heterocycles. The molecular formula is C14H19N3O3S. The van der Waals surface area contributed by atoms with Gasteiger partial charge in [-0.3, -0.25) is 9.36 Å². The quantitative estimate of drug-likeness (QED) is 0.874. The number of thioether (sulfide) groups is 1. The highest BCUT2D eigenvalue weighted by Gasteiger charge is 2.26. The van der Waals surface area contributed by atoms with Gasteiger partial charge in [-0.25, -0.2) is 0 Å². The van der Waals surface area contributed by atoms with Crippen molar-refractivity contribution in [1.29, 1.82) is 0 Å². The molecule has 0 amide bonds. The third kappa shape index (κ3) is 3.29. The van der Waals surface area contributed by atoms with Crippen molar-refractivity contribution >= 4 is 17.7 Å². The monoisotopic (exact) mass is 309 g/mol. The molecule has 0 unspecified atom stereocenters. The van der Waals surface area contributed by atoms with Gasteiger partial charge in [-0.2, -0.15) is 0 Å². The third-order valence-electron chi connectivity index (χ3n) is 2.91. The van der Waals surface area contributed by atoms with Crippen LogP contribution >= 0.6 is 11.8 Å². The molecule has 0 aliphatic carbocycles. The second-order valence-corrected chi connectivity index (χ2v) is 6.76. The number of hydrogen-bond acceptors (Lipinski definition) is 5. The normalized spacial score (nSPS) is 11.9. The molecule has 7 heteroatoms. The van der Waals surface area contributed by atoms with Gasteiger partial charge in [0.05, 0.1) is 11.3 Å². The molecule has 2 aromatic rings. The van der Waals surface area contributed by atoms with Crippen molar-refractivity contribution < 1.29 is 14.3 Å². The summed E-state index contributed by atoms with van der Waals surface area (Å²) in [7, 11) is 0. The van der Waals surface area contributed by atoms with E-state index in [-0.39, 0.29) is 11.3 Å². The standard InChI is InChI=1S/C14H19N3O3S/c1-8-6-10(9(2)20-8)12-15-16-13(21-7-11(18)19)17(12)14(3,4)5/h6H,7H2,1-5H3,(H,18,19). The van der Waals surface area contributed by atoms with Crippen molar-refractivity contribution in [2.75, 3.05) is 5.75 Å². The second-order valence-electron chi connectivity index (χ2n) is 5.82. The SMILES string of the molecule is Cc1cc(-c2nnc(SCC(=O)O)n2C(C)(C)C)c(C)o1. The number of carbonyl (C=O) groups is 1. The molecule has 0 atom stereocenters. The molecule has 0 aliphatic rings. The van der Waals surface area contributed by atoms with Crippen LogP contribution in [0.15, 0.2) is 15.6 Å². The summed E-state index contributed by atoms with van der Waals surface area (Å²) in [6.45, 7) is 9.87. The van der Waals surface area contributed by atoms with E-state index in [1.165, 1.54) is 11.8 Å². The molecule has 2 rings (SSSR count). The highest BCUT2D eigenvalue weighted by molar-refractivity contribution is 7.99. The van der Waals surface area contributed by atoms with Crippen molar-refractivity contribution in [3.8, 4) is 11.4 Å². The molecule has 0 aliphatic heterocycles. The molecule has 21 heavy (non-hydrogen) atoms. The number of aromatic nitrogens is 3. The van der Waals surface area contributed by atoms with Crippen LogP contribution in [0.25, 0.3) is 11.4 Å². The molecule has 0 saturated heterocycles. The van der Waals surface area contributed by atoms with Gasteiger partial charge in [0.1, 0.15) is 11.5 Å². The van der Waals surface area contributed by atoms with Crippen molar-refractivity contribution in [2.45, 2.75) is 45.3 Å². The number of carboxylic acids is 1. The summed E-state index contributed by atoms with van der Waals surface area (Å²) in [6.07, 6.45) is 0. The van der Waals surface area contributed by atoms with Crippen LogP contribution in [0.2, 0.25) is 0 Å². The van der Waals surface area contributed by atoms with E-state index in [0.29, 0.717) is 11.0 Å². The number of carboxylic acid groups (broad SMARTS) is 1. The molecule has 114 valence electrons. The zero-order valence-corrected chi connectivity index (χ0v) is 13.6. The first-order valence-electron chi connectivity index (χ1n) is 6.58. The molecule has 0 fully saturated rings. The molecule has 0 bridgehead atoms. The predicted molar refractivity (Wildman–Crippen MR) is 80.6 cm³/mol. The van der Waals surface area contributed by atoms with Gasteiger partial charge in [0.25, 0.3) is 0 Å². The Kier molecular flexibility index (Phi) is 4.13. The van der Waals surface area contributed by atoms with E-state index in [2.05, 4.69) is 10.2 Å². The first-order valence-corrected chi connectivity index (χ1v) is 7.56. The predicted octanol–water partition coefficient (Wildman–Crippen LogP) is 3.09. The maximum absolute atomic E-state index is 10.8. The van der Waals surface area contributed by atoms with E-state index >= 15 is 0 Å². The van der Waals surface area contributed by atoms with Crippen molar-refractivity contribution in [3.05, 3.63) is 17.6 Å². The fraction of sp³-hybridized carbons (Fsp3) is 0.500. The van der Waals surface area contributed by atoms with E-state index in [9.17, 15) is 4.79 Å². The average molecular weight is 309 g/mol. The van der Waals surface area contributed by atoms with Gasteiger partial charge < -0.3 is 9.52 Å². The molecule has 6 nitrogen and oxygen atoms in total. The lowest BCUT2D eigenvalue weighted by molar-refractivity contribution is -0.133. The number of aliphatic carboxylic acids is 1. The molecule has 0 spiro atoms. The number of nitrogens with zero attached hydrogens (tertiary/aromatic N) is 3. The van der Waals surface area contributed by atoms with Crippen molar-refractivity contribution in [2.24, 2.45) is 0 Å². The topological polar surface area (TPSA) is 81.1 Å². The Labute approximate surface area is 127 Å². The van der Waals surface area contributed by atoms with Crippen molar-refractivity contribution in [3.63, 3.8) is 0 Å². The van der Waals surface area contributed by atoms with Crippen LogP contribution in [0.4, 0.5) is 0 Å². The van der Waals surface area contributed by atoms with Crippen LogP contribution in [-0.4, -0.2) is 31.6 Å². The molecule has 0 saturated carbocycles. The van der Waals surface area contributed by atoms with Gasteiger partial charge in [0.15, 0.2) is 11.0 Å². The summed E-state index contributed by atoms with van der Waals surface area (Å²) in [5.41, 5.74) is 0.620. The summed E-state index contributed by atoms with van der Waals surface area (Å²) in [6, 6.07) is 1.92. The number of aryl methyl sites for hydroxylation is 2. The highest BCUT2D eigenvalue weighted by atomic mass is 32.2. The Morgan fingerprint density at radius 1 is 1.38 bits per heavy atom. The van der Waals surface area contributed by atoms with Crippen LogP contribution in [0.5, 0.6) is 0 Å². The largest absolute Gasteiger partial charge is 0.481 e. The summed E-state index contributed by atoms with van der Waals surface area (Å²) in [5.74, 6) is 1.37. The Balaban J connectivity index is 2.52. The van der Waals surface area contributed by atoms with E-state index < -0.39 is 5.97 Å². The van der Waals surface area contributed by atoms with Gasteiger partial charge in [-0.1, -0.05) is 11.8 Å². The smallest absolute Gasteiger partial charge is 0.313 e. The van der Waals surface area contributed by atoms with Gasteiger partial charge in [-0.15, -0.1) is 10.2 Å². The highest BCUT2D eigenvalue weighted by Crippen LogP contribution is 2.33. The minimum absolute atomic E-state index is 0.0440. The summed E-state index contributed by atoms with van der Waals surface area (Å²) < 4.78 is 7.52. The van der Waals surface area contributed by atoms with E-state index in [0.717, 1.165) is 17.1 Å². The van der Waals surface area contributed by atoms with Crippen LogP contribution in [-0.2, 0) is 10.3 Å². The van der Waals surface area contributed by atoms with Crippen LogP contribution in [0.1, 0.15) is 32.3 Å². The minimum Gasteiger partial charge on any atom is -0.481 e. The van der Waals surface area contributed by atoms with Crippen LogP contribution in [0, 0.1) is 13.8 Å². The molecule has 0 radical (unpaired) electrons. The lowest BCUT2D eigenvalue weighted by Crippen LogP contribution is -2.24. The lowest BCUT2D eigenvalue weighted by atomic mass is 10.1. The van der Waals surface area contributed by atoms with E-state index in [4.69, 9.17) is 9.52 Å². The Morgan fingerprint density at radius 3 is 2.52 bits per heavy atom. The third-order valence-corrected chi connectivity index (χ3v) is 3.82. The van der Waals surface area contributed by atoms with E-state index in [1.807, 2.05) is 45.3 Å². The zero-order chi connectivity index (χ0) is 15.8. The Morgan fingerprint density at radius 2 is 2.05 bits per heavy atom. The van der Waals surface area contributed by atoms with Crippen LogP contribution < -0.4 is 0 Å². The summed E-state index contributed by atoms with van der Waals surface area (Å²) in [4.78, 5) is 10.8. The second kappa shape index (κ2) is 5.55. The first-order chi connectivity index (χ1) is 9.70. The summed E-state index contributed by atoms with van der Waals surface area (Å²) in [5, 5.41) is 17.8. The van der Waals surface area contributed by atoms with E-state index in [1.54, 1.807) is 0 Å². The number of rotatable bonds is 4. The van der Waals surface area contributed by atoms with Gasteiger partial charge in [0.2, 0.25) is 0 Å². The maximum Gasteiger partial charge on any atom is 0.313 e. The van der Waals surface area contributed by atoms with Crippen LogP contribution in [0.3, 0.4) is 0 Å². The average Bonchev–Trinajstić information content (AvgIpc) is 2.88.